The predicted octanol–water partition coefficient (Wildman–Crippen LogP) is 0.988. The van der Waals surface area contributed by atoms with Gasteiger partial charge in [-0.2, -0.15) is 5.10 Å². The number of nitrogens with two attached hydrogens (primary N) is 1. The second kappa shape index (κ2) is 5.02. The van der Waals surface area contributed by atoms with Crippen LogP contribution in [-0.2, 0) is 23.6 Å². The Hall–Kier alpha value is -1.86. The third-order valence-corrected chi connectivity index (χ3v) is 4.04. The number of hydrogen-bond donors (Lipinski definition) is 2. The van der Waals surface area contributed by atoms with Crippen LogP contribution in [0.25, 0.3) is 0 Å². The summed E-state index contributed by atoms with van der Waals surface area (Å²) in [6.07, 6.45) is 0. The summed E-state index contributed by atoms with van der Waals surface area (Å²) < 4.78 is 28.5. The van der Waals surface area contributed by atoms with Crippen LogP contribution in [0.5, 0.6) is 0 Å². The first kappa shape index (κ1) is 13.6. The van der Waals surface area contributed by atoms with Crippen LogP contribution in [0.15, 0.2) is 35.2 Å². The Labute approximate surface area is 112 Å². The van der Waals surface area contributed by atoms with Gasteiger partial charge in [-0.15, -0.1) is 0 Å². The van der Waals surface area contributed by atoms with Gasteiger partial charge in [-0.25, -0.2) is 8.42 Å². The van der Waals surface area contributed by atoms with Gasteiger partial charge in [0.1, 0.15) is 5.82 Å². The molecule has 19 heavy (non-hydrogen) atoms. The zero-order valence-electron chi connectivity index (χ0n) is 10.8. The molecular formula is C12H16N4O2S. The predicted molar refractivity (Wildman–Crippen MR) is 73.1 cm³/mol. The van der Waals surface area contributed by atoms with Crippen molar-refractivity contribution < 1.29 is 8.42 Å². The summed E-state index contributed by atoms with van der Waals surface area (Å²) >= 11 is 0. The molecule has 0 atom stereocenters. The molecule has 0 amide bonds. The summed E-state index contributed by atoms with van der Waals surface area (Å²) in [5.41, 5.74) is 7.03. The Bertz CT molecular complexity index is 692. The average Bonchev–Trinajstić information content (AvgIpc) is 2.67. The number of nitrogens with one attached hydrogen (secondary N) is 1. The molecular weight excluding hydrogens is 264 g/mol. The van der Waals surface area contributed by atoms with E-state index in [9.17, 15) is 8.42 Å². The largest absolute Gasteiger partial charge is 0.326 e. The third-order valence-electron chi connectivity index (χ3n) is 2.69. The normalized spacial score (nSPS) is 11.5. The SMILES string of the molecule is Cc1cc(NS(=O)(=O)c2cccc(CN)c2)n(C)n1. The maximum atomic E-state index is 12.2. The van der Waals surface area contributed by atoms with Crippen molar-refractivity contribution in [3.8, 4) is 0 Å². The molecule has 7 heteroatoms. The molecule has 0 aliphatic rings. The number of anilines is 1. The van der Waals surface area contributed by atoms with E-state index in [0.29, 0.717) is 12.4 Å². The standard InChI is InChI=1S/C12H16N4O2S/c1-9-6-12(16(2)14-9)15-19(17,18)11-5-3-4-10(7-11)8-13/h3-7,15H,8,13H2,1-2H3. The lowest BCUT2D eigenvalue weighted by molar-refractivity contribution is 0.600. The highest BCUT2D eigenvalue weighted by Gasteiger charge is 2.16. The second-order valence-electron chi connectivity index (χ2n) is 4.25. The van der Waals surface area contributed by atoms with E-state index in [4.69, 9.17) is 5.73 Å². The summed E-state index contributed by atoms with van der Waals surface area (Å²) in [4.78, 5) is 0.189. The highest BCUT2D eigenvalue weighted by molar-refractivity contribution is 7.92. The fourth-order valence-corrected chi connectivity index (χ4v) is 2.89. The molecule has 6 nitrogen and oxygen atoms in total. The summed E-state index contributed by atoms with van der Waals surface area (Å²) in [7, 11) is -1.94. The van der Waals surface area contributed by atoms with E-state index in [1.807, 2.05) is 0 Å². The molecule has 0 aliphatic carbocycles. The summed E-state index contributed by atoms with van der Waals surface area (Å²) in [5.74, 6) is 0.427. The van der Waals surface area contributed by atoms with Crippen molar-refractivity contribution in [1.82, 2.24) is 9.78 Å². The van der Waals surface area contributed by atoms with Gasteiger partial charge in [0.2, 0.25) is 0 Å². The zero-order valence-corrected chi connectivity index (χ0v) is 11.6. The molecule has 0 saturated heterocycles. The van der Waals surface area contributed by atoms with Crippen LogP contribution in [0.4, 0.5) is 5.82 Å². The third kappa shape index (κ3) is 2.94. The van der Waals surface area contributed by atoms with E-state index in [-0.39, 0.29) is 4.90 Å². The quantitative estimate of drug-likeness (QED) is 0.873. The van der Waals surface area contributed by atoms with Gasteiger partial charge in [0.25, 0.3) is 10.0 Å². The van der Waals surface area contributed by atoms with Gasteiger partial charge in [0.05, 0.1) is 10.6 Å². The van der Waals surface area contributed by atoms with Crippen molar-refractivity contribution in [2.75, 3.05) is 4.72 Å². The van der Waals surface area contributed by atoms with E-state index < -0.39 is 10.0 Å². The molecule has 1 aromatic heterocycles. The molecule has 1 heterocycles. The van der Waals surface area contributed by atoms with Crippen LogP contribution in [0.1, 0.15) is 11.3 Å². The second-order valence-corrected chi connectivity index (χ2v) is 5.93. The topological polar surface area (TPSA) is 90.0 Å². The number of benzene rings is 1. The van der Waals surface area contributed by atoms with Gasteiger partial charge in [-0.3, -0.25) is 9.40 Å². The minimum Gasteiger partial charge on any atom is -0.326 e. The highest BCUT2D eigenvalue weighted by atomic mass is 32.2. The Balaban J connectivity index is 2.34. The lowest BCUT2D eigenvalue weighted by atomic mass is 10.2. The van der Waals surface area contributed by atoms with Gasteiger partial charge >= 0.3 is 0 Å². The summed E-state index contributed by atoms with van der Waals surface area (Å²) in [6.45, 7) is 2.10. The lowest BCUT2D eigenvalue weighted by Gasteiger charge is -2.08. The van der Waals surface area contributed by atoms with Crippen molar-refractivity contribution in [2.24, 2.45) is 12.8 Å². The highest BCUT2D eigenvalue weighted by Crippen LogP contribution is 2.17. The minimum absolute atomic E-state index is 0.189. The number of aromatic nitrogens is 2. The van der Waals surface area contributed by atoms with Crippen molar-refractivity contribution >= 4 is 15.8 Å². The number of hydrogen-bond acceptors (Lipinski definition) is 4. The Morgan fingerprint density at radius 3 is 2.68 bits per heavy atom. The van der Waals surface area contributed by atoms with Crippen molar-refractivity contribution in [1.29, 1.82) is 0 Å². The number of nitrogens with zero attached hydrogens (tertiary/aromatic N) is 2. The molecule has 0 unspecified atom stereocenters. The number of sulfonamides is 1. The molecule has 0 saturated carbocycles. The van der Waals surface area contributed by atoms with Gasteiger partial charge < -0.3 is 5.73 Å². The average molecular weight is 280 g/mol. The molecule has 0 aliphatic heterocycles. The van der Waals surface area contributed by atoms with Crippen molar-refractivity contribution in [3.05, 3.63) is 41.6 Å². The fourth-order valence-electron chi connectivity index (χ4n) is 1.74. The molecule has 3 N–H and O–H groups in total. The molecule has 2 aromatic rings. The van der Waals surface area contributed by atoms with Crippen LogP contribution in [0.3, 0.4) is 0 Å². The van der Waals surface area contributed by atoms with Crippen LogP contribution < -0.4 is 10.5 Å². The molecule has 2 rings (SSSR count). The summed E-state index contributed by atoms with van der Waals surface area (Å²) in [5, 5.41) is 4.09. The van der Waals surface area contributed by atoms with E-state index >= 15 is 0 Å². The monoisotopic (exact) mass is 280 g/mol. The molecule has 0 radical (unpaired) electrons. The first-order valence-corrected chi connectivity index (χ1v) is 7.23. The van der Waals surface area contributed by atoms with Gasteiger partial charge in [0.15, 0.2) is 0 Å². The Kier molecular flexibility index (Phi) is 3.59. The maximum absolute atomic E-state index is 12.2. The van der Waals surface area contributed by atoms with Crippen LogP contribution in [0, 0.1) is 6.92 Å². The molecule has 1 aromatic carbocycles. The fraction of sp³-hybridized carbons (Fsp3) is 0.250. The molecule has 0 spiro atoms. The first-order chi connectivity index (χ1) is 8.92. The van der Waals surface area contributed by atoms with Crippen molar-refractivity contribution in [3.63, 3.8) is 0 Å². The smallest absolute Gasteiger partial charge is 0.263 e. The number of rotatable bonds is 4. The van der Waals surface area contributed by atoms with Crippen LogP contribution in [0.2, 0.25) is 0 Å². The van der Waals surface area contributed by atoms with E-state index in [0.717, 1.165) is 11.3 Å². The first-order valence-electron chi connectivity index (χ1n) is 5.75. The Morgan fingerprint density at radius 1 is 1.37 bits per heavy atom. The van der Waals surface area contributed by atoms with Crippen LogP contribution in [-0.4, -0.2) is 18.2 Å². The van der Waals surface area contributed by atoms with E-state index in [1.165, 1.54) is 10.7 Å². The minimum atomic E-state index is -3.62. The van der Waals surface area contributed by atoms with Gasteiger partial charge in [0, 0.05) is 19.7 Å². The Morgan fingerprint density at radius 2 is 2.11 bits per heavy atom. The van der Waals surface area contributed by atoms with Gasteiger partial charge in [-0.1, -0.05) is 12.1 Å². The summed E-state index contributed by atoms with van der Waals surface area (Å²) in [6, 6.07) is 8.22. The van der Waals surface area contributed by atoms with Gasteiger partial charge in [-0.05, 0) is 24.6 Å². The molecule has 102 valence electrons. The lowest BCUT2D eigenvalue weighted by Crippen LogP contribution is -2.15. The van der Waals surface area contributed by atoms with Crippen molar-refractivity contribution in [2.45, 2.75) is 18.4 Å². The maximum Gasteiger partial charge on any atom is 0.263 e. The van der Waals surface area contributed by atoms with E-state index in [2.05, 4.69) is 9.82 Å². The molecule has 0 fully saturated rings. The molecule has 0 bridgehead atoms. The van der Waals surface area contributed by atoms with Crippen LogP contribution >= 0.6 is 0 Å². The number of aryl methyl sites for hydroxylation is 2. The zero-order chi connectivity index (χ0) is 14.0. The van der Waals surface area contributed by atoms with E-state index in [1.54, 1.807) is 38.2 Å².